The zero-order valence-corrected chi connectivity index (χ0v) is 15.3. The van der Waals surface area contributed by atoms with E-state index in [0.29, 0.717) is 17.3 Å². The SMILES string of the molecule is CCCC(=O)N=C1S[C@@H]2CS(=O)(=O)C[C@@H]2N1c1cccc(OC)c1. The van der Waals surface area contributed by atoms with Crippen molar-refractivity contribution in [2.45, 2.75) is 31.1 Å². The minimum absolute atomic E-state index is 0.0862. The van der Waals surface area contributed by atoms with E-state index in [0.717, 1.165) is 12.1 Å². The third-order valence-electron chi connectivity index (χ3n) is 4.08. The first kappa shape index (κ1) is 17.3. The summed E-state index contributed by atoms with van der Waals surface area (Å²) in [5.41, 5.74) is 0.800. The third-order valence-corrected chi connectivity index (χ3v) is 7.29. The smallest absolute Gasteiger partial charge is 0.248 e. The van der Waals surface area contributed by atoms with Crippen LogP contribution in [0.1, 0.15) is 19.8 Å². The van der Waals surface area contributed by atoms with E-state index in [2.05, 4.69) is 4.99 Å². The molecule has 2 atom stereocenters. The van der Waals surface area contributed by atoms with Crippen molar-refractivity contribution in [3.63, 3.8) is 0 Å². The van der Waals surface area contributed by atoms with E-state index >= 15 is 0 Å². The lowest BCUT2D eigenvalue weighted by Gasteiger charge is -2.24. The number of amides is 1. The fourth-order valence-corrected chi connectivity index (χ4v) is 6.93. The quantitative estimate of drug-likeness (QED) is 0.810. The number of thioether (sulfide) groups is 1. The summed E-state index contributed by atoms with van der Waals surface area (Å²) in [4.78, 5) is 18.1. The molecule has 0 saturated carbocycles. The van der Waals surface area contributed by atoms with Gasteiger partial charge in [-0.1, -0.05) is 24.8 Å². The predicted molar refractivity (Wildman–Crippen MR) is 96.6 cm³/mol. The Hall–Kier alpha value is -1.54. The average molecular weight is 368 g/mol. The number of rotatable bonds is 4. The molecule has 1 amide bonds. The summed E-state index contributed by atoms with van der Waals surface area (Å²) in [7, 11) is -1.47. The van der Waals surface area contributed by atoms with E-state index in [-0.39, 0.29) is 28.7 Å². The van der Waals surface area contributed by atoms with Crippen molar-refractivity contribution in [1.29, 1.82) is 0 Å². The number of ether oxygens (including phenoxy) is 1. The number of nitrogens with zero attached hydrogens (tertiary/aromatic N) is 2. The third kappa shape index (κ3) is 3.44. The van der Waals surface area contributed by atoms with Gasteiger partial charge in [0.1, 0.15) is 5.75 Å². The monoisotopic (exact) mass is 368 g/mol. The molecule has 3 rings (SSSR count). The van der Waals surface area contributed by atoms with Gasteiger partial charge in [-0.25, -0.2) is 8.42 Å². The summed E-state index contributed by atoms with van der Waals surface area (Å²) >= 11 is 1.39. The van der Waals surface area contributed by atoms with Crippen molar-refractivity contribution in [3.05, 3.63) is 24.3 Å². The Labute approximate surface area is 146 Å². The molecule has 0 radical (unpaired) electrons. The van der Waals surface area contributed by atoms with E-state index in [4.69, 9.17) is 4.74 Å². The fourth-order valence-electron chi connectivity index (χ4n) is 3.00. The van der Waals surface area contributed by atoms with Crippen molar-refractivity contribution in [2.75, 3.05) is 23.5 Å². The second kappa shape index (κ2) is 6.76. The van der Waals surface area contributed by atoms with Gasteiger partial charge in [-0.15, -0.1) is 0 Å². The number of hydrogen-bond donors (Lipinski definition) is 0. The molecule has 2 aliphatic heterocycles. The molecule has 2 saturated heterocycles. The molecule has 24 heavy (non-hydrogen) atoms. The summed E-state index contributed by atoms with van der Waals surface area (Å²) in [6.45, 7) is 1.93. The number of anilines is 1. The van der Waals surface area contributed by atoms with Crippen molar-refractivity contribution in [3.8, 4) is 5.75 Å². The molecular weight excluding hydrogens is 348 g/mol. The minimum Gasteiger partial charge on any atom is -0.497 e. The second-order valence-corrected chi connectivity index (χ2v) is 9.27. The lowest BCUT2D eigenvalue weighted by atomic mass is 10.2. The molecule has 130 valence electrons. The van der Waals surface area contributed by atoms with Crippen LogP contribution < -0.4 is 9.64 Å². The van der Waals surface area contributed by atoms with Crippen LogP contribution >= 0.6 is 11.8 Å². The van der Waals surface area contributed by atoms with E-state index in [1.54, 1.807) is 7.11 Å². The molecule has 8 heteroatoms. The number of aliphatic imine (C=N–C) groups is 1. The first-order valence-electron chi connectivity index (χ1n) is 7.85. The van der Waals surface area contributed by atoms with Crippen LogP contribution in [-0.2, 0) is 14.6 Å². The van der Waals surface area contributed by atoms with Crippen LogP contribution in [0.2, 0.25) is 0 Å². The van der Waals surface area contributed by atoms with Crippen LogP contribution in [0.25, 0.3) is 0 Å². The van der Waals surface area contributed by atoms with Crippen LogP contribution in [0.4, 0.5) is 5.69 Å². The Morgan fingerprint density at radius 3 is 2.92 bits per heavy atom. The summed E-state index contributed by atoms with van der Waals surface area (Å²) in [6, 6.07) is 7.21. The van der Waals surface area contributed by atoms with Gasteiger partial charge in [-0.05, 0) is 18.6 Å². The van der Waals surface area contributed by atoms with Gasteiger partial charge in [0.25, 0.3) is 0 Å². The maximum absolute atomic E-state index is 12.0. The number of amidine groups is 1. The van der Waals surface area contributed by atoms with Crippen molar-refractivity contribution >= 4 is 38.4 Å². The van der Waals surface area contributed by atoms with Gasteiger partial charge < -0.3 is 9.64 Å². The number of methoxy groups -OCH3 is 1. The highest BCUT2D eigenvalue weighted by Crippen LogP contribution is 2.41. The number of carbonyl (C=O) groups is 1. The maximum atomic E-state index is 12.0. The molecule has 6 nitrogen and oxygen atoms in total. The van der Waals surface area contributed by atoms with Crippen LogP contribution in [-0.4, -0.2) is 49.4 Å². The standard InChI is InChI=1S/C16H20N2O4S2/c1-3-5-15(19)17-16-18(11-6-4-7-12(8-11)22-2)13-9-24(20,21)10-14(13)23-16/h4,6-8,13-14H,3,5,9-10H2,1-2H3/t13-,14+/m0/s1. The predicted octanol–water partition coefficient (Wildman–Crippen LogP) is 2.10. The number of sulfone groups is 1. The number of benzene rings is 1. The van der Waals surface area contributed by atoms with Gasteiger partial charge in [-0.2, -0.15) is 4.99 Å². The summed E-state index contributed by atoms with van der Waals surface area (Å²) < 4.78 is 29.3. The Morgan fingerprint density at radius 1 is 1.42 bits per heavy atom. The molecule has 0 aromatic heterocycles. The molecular formula is C16H20N2O4S2. The lowest BCUT2D eigenvalue weighted by Crippen LogP contribution is -2.37. The zero-order chi connectivity index (χ0) is 17.3. The highest BCUT2D eigenvalue weighted by atomic mass is 32.2. The Bertz CT molecular complexity index is 776. The molecule has 0 unspecified atom stereocenters. The number of fused-ring (bicyclic) bond motifs is 1. The minimum atomic E-state index is -3.06. The van der Waals surface area contributed by atoms with E-state index in [1.165, 1.54) is 11.8 Å². The van der Waals surface area contributed by atoms with Crippen molar-refractivity contribution < 1.29 is 17.9 Å². The number of carbonyl (C=O) groups excluding carboxylic acids is 1. The first-order chi connectivity index (χ1) is 11.4. The average Bonchev–Trinajstić information content (AvgIpc) is 2.98. The van der Waals surface area contributed by atoms with Gasteiger partial charge in [-0.3, -0.25) is 4.79 Å². The van der Waals surface area contributed by atoms with Gasteiger partial charge in [0.15, 0.2) is 15.0 Å². The zero-order valence-electron chi connectivity index (χ0n) is 13.6. The maximum Gasteiger partial charge on any atom is 0.248 e. The molecule has 0 aliphatic carbocycles. The largest absolute Gasteiger partial charge is 0.497 e. The molecule has 2 aliphatic rings. The lowest BCUT2D eigenvalue weighted by molar-refractivity contribution is -0.117. The summed E-state index contributed by atoms with van der Waals surface area (Å²) in [6.07, 6.45) is 1.13. The van der Waals surface area contributed by atoms with Crippen molar-refractivity contribution in [1.82, 2.24) is 0 Å². The molecule has 0 bridgehead atoms. The van der Waals surface area contributed by atoms with Crippen LogP contribution in [0.3, 0.4) is 0 Å². The summed E-state index contributed by atoms with van der Waals surface area (Å²) in [5.74, 6) is 0.726. The van der Waals surface area contributed by atoms with E-state index in [1.807, 2.05) is 36.1 Å². The molecule has 1 aromatic rings. The van der Waals surface area contributed by atoms with Gasteiger partial charge in [0.2, 0.25) is 5.91 Å². The van der Waals surface area contributed by atoms with Crippen LogP contribution in [0.5, 0.6) is 5.75 Å². The molecule has 1 aromatic carbocycles. The summed E-state index contributed by atoms with van der Waals surface area (Å²) in [5, 5.41) is 0.501. The highest BCUT2D eigenvalue weighted by molar-refractivity contribution is 8.16. The molecule has 0 spiro atoms. The van der Waals surface area contributed by atoms with E-state index in [9.17, 15) is 13.2 Å². The number of hydrogen-bond acceptors (Lipinski definition) is 5. The van der Waals surface area contributed by atoms with Crippen molar-refractivity contribution in [2.24, 2.45) is 4.99 Å². The van der Waals surface area contributed by atoms with Gasteiger partial charge in [0, 0.05) is 23.4 Å². The van der Waals surface area contributed by atoms with Gasteiger partial charge in [0.05, 0.1) is 24.7 Å². The van der Waals surface area contributed by atoms with Crippen LogP contribution in [0.15, 0.2) is 29.3 Å². The normalized spacial score (nSPS) is 26.6. The molecule has 2 heterocycles. The Balaban J connectivity index is 1.99. The van der Waals surface area contributed by atoms with E-state index < -0.39 is 9.84 Å². The topological polar surface area (TPSA) is 76.0 Å². The first-order valence-corrected chi connectivity index (χ1v) is 10.6. The Kier molecular flexibility index (Phi) is 4.87. The van der Waals surface area contributed by atoms with Crippen LogP contribution in [0, 0.1) is 0 Å². The fraction of sp³-hybridized carbons (Fsp3) is 0.500. The molecule has 2 fully saturated rings. The molecule has 0 N–H and O–H groups in total. The van der Waals surface area contributed by atoms with Gasteiger partial charge >= 0.3 is 0 Å². The Morgan fingerprint density at radius 2 is 2.21 bits per heavy atom. The highest BCUT2D eigenvalue weighted by Gasteiger charge is 2.49. The second-order valence-electron chi connectivity index (χ2n) is 5.91.